The number of rotatable bonds is 7. The van der Waals surface area contributed by atoms with Crippen molar-refractivity contribution in [2.45, 2.75) is 63.8 Å². The number of halogens is 1. The molecule has 1 fully saturated rings. The Morgan fingerprint density at radius 3 is 2.33 bits per heavy atom. The molecule has 1 atom stereocenters. The maximum absolute atomic E-state index is 13.1. The summed E-state index contributed by atoms with van der Waals surface area (Å²) in [5.74, 6) is 0.668. The number of ether oxygens (including phenoxy) is 1. The van der Waals surface area contributed by atoms with E-state index >= 15 is 0 Å². The number of piperidine rings is 1. The van der Waals surface area contributed by atoms with Gasteiger partial charge in [0.2, 0.25) is 10.0 Å². The summed E-state index contributed by atoms with van der Waals surface area (Å²) < 4.78 is 33.1. The second-order valence-electron chi connectivity index (χ2n) is 8.91. The van der Waals surface area contributed by atoms with Crippen molar-refractivity contribution in [1.29, 1.82) is 0 Å². The van der Waals surface area contributed by atoms with Gasteiger partial charge in [0.1, 0.15) is 5.75 Å². The first-order chi connectivity index (χ1) is 15.6. The van der Waals surface area contributed by atoms with Crippen LogP contribution in [0.15, 0.2) is 35.2 Å². The van der Waals surface area contributed by atoms with E-state index in [0.29, 0.717) is 13.1 Å². The van der Waals surface area contributed by atoms with Crippen molar-refractivity contribution < 1.29 is 17.9 Å². The average molecular weight is 493 g/mol. The Morgan fingerprint density at radius 1 is 1.06 bits per heavy atom. The van der Waals surface area contributed by atoms with E-state index in [4.69, 9.17) is 16.3 Å². The number of nitrogens with one attached hydrogen (secondary N) is 1. The third kappa shape index (κ3) is 5.53. The van der Waals surface area contributed by atoms with Crippen LogP contribution in [0.1, 0.15) is 79.0 Å². The van der Waals surface area contributed by atoms with E-state index in [1.54, 1.807) is 7.11 Å². The lowest BCUT2D eigenvalue weighted by atomic mass is 9.93. The molecule has 0 spiro atoms. The summed E-state index contributed by atoms with van der Waals surface area (Å²) >= 11 is 6.31. The van der Waals surface area contributed by atoms with Crippen molar-refractivity contribution in [3.05, 3.63) is 57.6 Å². The number of methoxy groups -OCH3 is 1. The van der Waals surface area contributed by atoms with Crippen molar-refractivity contribution >= 4 is 27.5 Å². The van der Waals surface area contributed by atoms with Crippen LogP contribution in [0.25, 0.3) is 0 Å². The number of hydrogen-bond donors (Lipinski definition) is 1. The molecule has 1 N–H and O–H groups in total. The van der Waals surface area contributed by atoms with Gasteiger partial charge in [-0.05, 0) is 79.6 Å². The molecule has 1 aliphatic rings. The smallest absolute Gasteiger partial charge is 0.253 e. The largest absolute Gasteiger partial charge is 0.496 e. The number of carbonyl (C=O) groups excluding carboxylic acids is 1. The Kier molecular flexibility index (Phi) is 8.08. The highest BCUT2D eigenvalue weighted by molar-refractivity contribution is 7.89. The molecule has 1 aliphatic heterocycles. The van der Waals surface area contributed by atoms with Gasteiger partial charge in [0, 0.05) is 13.1 Å². The van der Waals surface area contributed by atoms with Gasteiger partial charge in [0.15, 0.2) is 0 Å². The Morgan fingerprint density at radius 2 is 1.73 bits per heavy atom. The predicted molar refractivity (Wildman–Crippen MR) is 132 cm³/mol. The Hall–Kier alpha value is -2.09. The van der Waals surface area contributed by atoms with Crippen LogP contribution in [-0.2, 0) is 10.0 Å². The van der Waals surface area contributed by atoms with Crippen molar-refractivity contribution in [2.24, 2.45) is 0 Å². The molecule has 0 aliphatic carbocycles. The zero-order valence-corrected chi connectivity index (χ0v) is 21.5. The second-order valence-corrected chi connectivity index (χ2v) is 11.3. The van der Waals surface area contributed by atoms with E-state index in [-0.39, 0.29) is 27.4 Å². The van der Waals surface area contributed by atoms with Crippen LogP contribution in [-0.4, -0.2) is 38.8 Å². The molecular formula is C25H33ClN2O4S. The molecule has 1 amide bonds. The molecule has 0 aromatic heterocycles. The molecule has 8 heteroatoms. The fraction of sp³-hybridized carbons (Fsp3) is 0.480. The molecule has 2 aromatic carbocycles. The number of aryl methyl sites for hydroxylation is 1. The molecule has 33 heavy (non-hydrogen) atoms. The summed E-state index contributed by atoms with van der Waals surface area (Å²) in [7, 11) is -2.01. The topological polar surface area (TPSA) is 75.7 Å². The number of nitrogens with zero attached hydrogens (tertiary/aromatic N) is 1. The first-order valence-corrected chi connectivity index (χ1v) is 13.2. The van der Waals surface area contributed by atoms with E-state index < -0.39 is 15.9 Å². The molecule has 6 nitrogen and oxygen atoms in total. The SMILES string of the molecule is COc1cc(C)c([C@H](C)NC(=O)c2cc(S(=O)(=O)N3CCCCC3)ccc2Cl)cc1C(C)C. The summed E-state index contributed by atoms with van der Waals surface area (Å²) in [4.78, 5) is 13.2. The summed E-state index contributed by atoms with van der Waals surface area (Å²) in [6.45, 7) is 9.06. The van der Waals surface area contributed by atoms with Crippen LogP contribution in [0.3, 0.4) is 0 Å². The highest BCUT2D eigenvalue weighted by Gasteiger charge is 2.27. The molecule has 2 aromatic rings. The maximum atomic E-state index is 13.1. The van der Waals surface area contributed by atoms with E-state index in [9.17, 15) is 13.2 Å². The van der Waals surface area contributed by atoms with Gasteiger partial charge < -0.3 is 10.1 Å². The van der Waals surface area contributed by atoms with Crippen LogP contribution in [0.2, 0.25) is 5.02 Å². The van der Waals surface area contributed by atoms with Gasteiger partial charge in [-0.2, -0.15) is 4.31 Å². The molecule has 0 radical (unpaired) electrons. The van der Waals surface area contributed by atoms with E-state index in [1.165, 1.54) is 22.5 Å². The fourth-order valence-corrected chi connectivity index (χ4v) is 6.00. The van der Waals surface area contributed by atoms with Crippen LogP contribution in [0, 0.1) is 6.92 Å². The molecule has 0 saturated carbocycles. The highest BCUT2D eigenvalue weighted by atomic mass is 35.5. The van der Waals surface area contributed by atoms with Gasteiger partial charge in [-0.1, -0.05) is 31.9 Å². The Labute approximate surface area is 202 Å². The first kappa shape index (κ1) is 25.5. The number of carbonyl (C=O) groups is 1. The lowest BCUT2D eigenvalue weighted by molar-refractivity contribution is 0.0939. The van der Waals surface area contributed by atoms with Crippen molar-refractivity contribution in [3.63, 3.8) is 0 Å². The third-order valence-corrected chi connectivity index (χ3v) is 8.41. The van der Waals surface area contributed by atoms with Crippen LogP contribution in [0.5, 0.6) is 5.75 Å². The molecule has 0 bridgehead atoms. The number of hydrogen-bond acceptors (Lipinski definition) is 4. The van der Waals surface area contributed by atoms with Gasteiger partial charge in [-0.15, -0.1) is 0 Å². The Bertz CT molecular complexity index is 1130. The third-order valence-electron chi connectivity index (χ3n) is 6.19. The van der Waals surface area contributed by atoms with Crippen LogP contribution >= 0.6 is 11.6 Å². The van der Waals surface area contributed by atoms with Gasteiger partial charge in [0.05, 0.1) is 28.6 Å². The van der Waals surface area contributed by atoms with Gasteiger partial charge in [-0.25, -0.2) is 8.42 Å². The zero-order valence-electron chi connectivity index (χ0n) is 19.9. The summed E-state index contributed by atoms with van der Waals surface area (Å²) in [5, 5.41) is 3.20. The molecule has 3 rings (SSSR count). The first-order valence-electron chi connectivity index (χ1n) is 11.3. The minimum absolute atomic E-state index is 0.0920. The second kappa shape index (κ2) is 10.5. The Balaban J connectivity index is 1.87. The standard InChI is InChI=1S/C25H33ClN2O4S/c1-16(2)20-15-21(17(3)13-24(20)32-5)18(4)27-25(29)22-14-19(9-10-23(22)26)33(30,31)28-11-7-6-8-12-28/h9-10,13-16,18H,6-8,11-12H2,1-5H3,(H,27,29)/t18-/m0/s1. The molecular weight excluding hydrogens is 460 g/mol. The fourth-order valence-electron chi connectivity index (χ4n) is 4.26. The summed E-state index contributed by atoms with van der Waals surface area (Å²) in [6, 6.07) is 8.06. The monoisotopic (exact) mass is 492 g/mol. The number of benzene rings is 2. The minimum atomic E-state index is -3.66. The molecule has 1 saturated heterocycles. The minimum Gasteiger partial charge on any atom is -0.496 e. The van der Waals surface area contributed by atoms with Gasteiger partial charge >= 0.3 is 0 Å². The molecule has 1 heterocycles. The lowest BCUT2D eigenvalue weighted by Crippen LogP contribution is -2.35. The van der Waals surface area contributed by atoms with Gasteiger partial charge in [0.25, 0.3) is 5.91 Å². The predicted octanol–water partition coefficient (Wildman–Crippen LogP) is 5.45. The van der Waals surface area contributed by atoms with Crippen LogP contribution in [0.4, 0.5) is 0 Å². The quantitative estimate of drug-likeness (QED) is 0.557. The van der Waals surface area contributed by atoms with E-state index in [0.717, 1.165) is 41.7 Å². The molecule has 0 unspecified atom stereocenters. The summed E-state index contributed by atoms with van der Waals surface area (Å²) in [6.07, 6.45) is 2.72. The highest BCUT2D eigenvalue weighted by Crippen LogP contribution is 2.32. The van der Waals surface area contributed by atoms with E-state index in [1.807, 2.05) is 19.9 Å². The maximum Gasteiger partial charge on any atom is 0.253 e. The van der Waals surface area contributed by atoms with Crippen LogP contribution < -0.4 is 10.1 Å². The van der Waals surface area contributed by atoms with Crippen molar-refractivity contribution in [3.8, 4) is 5.75 Å². The number of amides is 1. The lowest BCUT2D eigenvalue weighted by Gasteiger charge is -2.26. The van der Waals surface area contributed by atoms with Crippen molar-refractivity contribution in [2.75, 3.05) is 20.2 Å². The zero-order chi connectivity index (χ0) is 24.3. The number of sulfonamides is 1. The average Bonchev–Trinajstić information content (AvgIpc) is 2.79. The van der Waals surface area contributed by atoms with Gasteiger partial charge in [-0.3, -0.25) is 4.79 Å². The normalized spacial score (nSPS) is 16.0. The molecule has 180 valence electrons. The van der Waals surface area contributed by atoms with Crippen molar-refractivity contribution in [1.82, 2.24) is 9.62 Å². The van der Waals surface area contributed by atoms with E-state index in [2.05, 4.69) is 25.2 Å². The summed E-state index contributed by atoms with van der Waals surface area (Å²) in [5.41, 5.74) is 3.18.